The van der Waals surface area contributed by atoms with E-state index in [0.29, 0.717) is 6.04 Å². The van der Waals surface area contributed by atoms with Gasteiger partial charge >= 0.3 is 0 Å². The maximum Gasteiger partial charge on any atom is 0.109 e. The molecular weight excluding hydrogens is 184 g/mol. The van der Waals surface area contributed by atoms with Crippen LogP contribution in [0.25, 0.3) is 0 Å². The molecule has 1 saturated heterocycles. The van der Waals surface area contributed by atoms with Gasteiger partial charge in [0.2, 0.25) is 0 Å². The highest BCUT2D eigenvalue weighted by Crippen LogP contribution is 2.36. The first-order valence-electron chi connectivity index (χ1n) is 6.46. The molecule has 0 radical (unpaired) electrons. The Morgan fingerprint density at radius 1 is 1.13 bits per heavy atom. The fourth-order valence-electron chi connectivity index (χ4n) is 3.33. The van der Waals surface area contributed by atoms with Gasteiger partial charge in [-0.3, -0.25) is 4.90 Å². The van der Waals surface area contributed by atoms with E-state index in [9.17, 15) is 5.26 Å². The van der Waals surface area contributed by atoms with E-state index in [2.05, 4.69) is 17.9 Å². The second kappa shape index (κ2) is 4.53. The molecule has 0 unspecified atom stereocenters. The summed E-state index contributed by atoms with van der Waals surface area (Å²) in [6.07, 6.45) is 9.94. The van der Waals surface area contributed by atoms with Crippen LogP contribution in [0.1, 0.15) is 58.3 Å². The summed E-state index contributed by atoms with van der Waals surface area (Å²) in [7, 11) is 0. The Kier molecular flexibility index (Phi) is 3.31. The molecule has 1 atom stereocenters. The first kappa shape index (κ1) is 11.0. The standard InChI is InChI=1S/C13H22N2/c1-12-7-3-6-10-15(12)13(11-14)8-4-2-5-9-13/h12H,2-10H2,1H3/t12-/m1/s1. The summed E-state index contributed by atoms with van der Waals surface area (Å²) in [5.41, 5.74) is -0.0991. The van der Waals surface area contributed by atoms with Gasteiger partial charge in [-0.15, -0.1) is 0 Å². The zero-order chi connectivity index (χ0) is 10.7. The summed E-state index contributed by atoms with van der Waals surface area (Å²) in [5.74, 6) is 0. The first-order chi connectivity index (χ1) is 7.28. The molecule has 0 aromatic carbocycles. The molecule has 2 fully saturated rings. The van der Waals surface area contributed by atoms with Gasteiger partial charge in [-0.2, -0.15) is 5.26 Å². The molecule has 0 aromatic rings. The lowest BCUT2D eigenvalue weighted by atomic mass is 9.79. The van der Waals surface area contributed by atoms with Crippen LogP contribution in [0.15, 0.2) is 0 Å². The summed E-state index contributed by atoms with van der Waals surface area (Å²) >= 11 is 0. The molecule has 1 aliphatic carbocycles. The van der Waals surface area contributed by atoms with Gasteiger partial charge in [0.25, 0.3) is 0 Å². The SMILES string of the molecule is C[C@@H]1CCCCN1C1(C#N)CCCCC1. The van der Waals surface area contributed by atoms with E-state index in [1.54, 1.807) is 0 Å². The van der Waals surface area contributed by atoms with Crippen LogP contribution >= 0.6 is 0 Å². The molecule has 2 aliphatic rings. The Labute approximate surface area is 93.3 Å². The highest BCUT2D eigenvalue weighted by molar-refractivity contribution is 5.11. The third-order valence-corrected chi connectivity index (χ3v) is 4.24. The van der Waals surface area contributed by atoms with Crippen LogP contribution < -0.4 is 0 Å². The third-order valence-electron chi connectivity index (χ3n) is 4.24. The van der Waals surface area contributed by atoms with Crippen LogP contribution in [0.3, 0.4) is 0 Å². The predicted octanol–water partition coefficient (Wildman–Crippen LogP) is 3.09. The van der Waals surface area contributed by atoms with Gasteiger partial charge in [0.15, 0.2) is 0 Å². The maximum atomic E-state index is 9.52. The van der Waals surface area contributed by atoms with Gasteiger partial charge < -0.3 is 0 Å². The molecule has 1 heterocycles. The number of piperidine rings is 1. The molecule has 2 rings (SSSR count). The van der Waals surface area contributed by atoms with Crippen molar-refractivity contribution in [1.82, 2.24) is 4.90 Å². The number of hydrogen-bond acceptors (Lipinski definition) is 2. The van der Waals surface area contributed by atoms with Crippen LogP contribution in [0.2, 0.25) is 0 Å². The monoisotopic (exact) mass is 206 g/mol. The minimum absolute atomic E-state index is 0.0991. The molecule has 1 saturated carbocycles. The van der Waals surface area contributed by atoms with Crippen molar-refractivity contribution < 1.29 is 0 Å². The summed E-state index contributed by atoms with van der Waals surface area (Å²) in [4.78, 5) is 2.51. The van der Waals surface area contributed by atoms with E-state index in [1.807, 2.05) is 0 Å². The summed E-state index contributed by atoms with van der Waals surface area (Å²) in [6.45, 7) is 3.45. The Morgan fingerprint density at radius 3 is 2.47 bits per heavy atom. The number of nitrogens with zero attached hydrogens (tertiary/aromatic N) is 2. The maximum absolute atomic E-state index is 9.52. The van der Waals surface area contributed by atoms with Gasteiger partial charge in [0, 0.05) is 6.04 Å². The second-order valence-corrected chi connectivity index (χ2v) is 5.24. The van der Waals surface area contributed by atoms with Crippen molar-refractivity contribution in [3.05, 3.63) is 0 Å². The predicted molar refractivity (Wildman–Crippen MR) is 61.4 cm³/mol. The molecule has 15 heavy (non-hydrogen) atoms. The highest BCUT2D eigenvalue weighted by Gasteiger charge is 2.41. The molecule has 0 N–H and O–H groups in total. The Hall–Kier alpha value is -0.550. The average molecular weight is 206 g/mol. The van der Waals surface area contributed by atoms with Crippen molar-refractivity contribution in [2.75, 3.05) is 6.54 Å². The van der Waals surface area contributed by atoms with Crippen LogP contribution in [0.5, 0.6) is 0 Å². The van der Waals surface area contributed by atoms with Crippen molar-refractivity contribution in [2.45, 2.75) is 69.9 Å². The van der Waals surface area contributed by atoms with Crippen LogP contribution in [0.4, 0.5) is 0 Å². The molecule has 0 amide bonds. The summed E-state index contributed by atoms with van der Waals surface area (Å²) in [5, 5.41) is 9.52. The summed E-state index contributed by atoms with van der Waals surface area (Å²) < 4.78 is 0. The van der Waals surface area contributed by atoms with Gasteiger partial charge in [-0.25, -0.2) is 0 Å². The van der Waals surface area contributed by atoms with E-state index >= 15 is 0 Å². The van der Waals surface area contributed by atoms with Crippen molar-refractivity contribution in [3.8, 4) is 6.07 Å². The lowest BCUT2D eigenvalue weighted by Gasteiger charge is -2.46. The van der Waals surface area contributed by atoms with E-state index < -0.39 is 0 Å². The molecule has 2 nitrogen and oxygen atoms in total. The number of hydrogen-bond donors (Lipinski definition) is 0. The van der Waals surface area contributed by atoms with E-state index in [0.717, 1.165) is 19.4 Å². The van der Waals surface area contributed by atoms with Gasteiger partial charge in [-0.05, 0) is 39.2 Å². The molecule has 1 aliphatic heterocycles. The lowest BCUT2D eigenvalue weighted by Crippen LogP contribution is -2.54. The van der Waals surface area contributed by atoms with E-state index in [-0.39, 0.29) is 5.54 Å². The number of rotatable bonds is 1. The molecular formula is C13H22N2. The van der Waals surface area contributed by atoms with Crippen molar-refractivity contribution in [1.29, 1.82) is 5.26 Å². The third kappa shape index (κ3) is 2.03. The van der Waals surface area contributed by atoms with E-state index in [1.165, 1.54) is 38.5 Å². The number of nitriles is 1. The van der Waals surface area contributed by atoms with Gasteiger partial charge in [0.1, 0.15) is 5.54 Å². The Balaban J connectivity index is 2.13. The fraction of sp³-hybridized carbons (Fsp3) is 0.923. The zero-order valence-electron chi connectivity index (χ0n) is 9.84. The van der Waals surface area contributed by atoms with Crippen LogP contribution in [0, 0.1) is 11.3 Å². The Morgan fingerprint density at radius 2 is 1.87 bits per heavy atom. The molecule has 84 valence electrons. The van der Waals surface area contributed by atoms with E-state index in [4.69, 9.17) is 0 Å². The fourth-order valence-corrected chi connectivity index (χ4v) is 3.33. The van der Waals surface area contributed by atoms with Gasteiger partial charge in [-0.1, -0.05) is 25.7 Å². The van der Waals surface area contributed by atoms with Crippen molar-refractivity contribution >= 4 is 0 Å². The Bertz CT molecular complexity index is 248. The average Bonchev–Trinajstić information content (AvgIpc) is 2.30. The highest BCUT2D eigenvalue weighted by atomic mass is 15.2. The topological polar surface area (TPSA) is 27.0 Å². The lowest BCUT2D eigenvalue weighted by molar-refractivity contribution is 0.0361. The quantitative estimate of drug-likeness (QED) is 0.659. The zero-order valence-corrected chi connectivity index (χ0v) is 9.84. The first-order valence-corrected chi connectivity index (χ1v) is 6.46. The molecule has 0 aromatic heterocycles. The minimum Gasteiger partial charge on any atom is -0.283 e. The smallest absolute Gasteiger partial charge is 0.109 e. The van der Waals surface area contributed by atoms with Crippen molar-refractivity contribution in [2.24, 2.45) is 0 Å². The minimum atomic E-state index is -0.0991. The normalized spacial score (nSPS) is 32.1. The van der Waals surface area contributed by atoms with Crippen LogP contribution in [-0.4, -0.2) is 23.0 Å². The molecule has 0 bridgehead atoms. The van der Waals surface area contributed by atoms with Crippen LogP contribution in [-0.2, 0) is 0 Å². The summed E-state index contributed by atoms with van der Waals surface area (Å²) in [6, 6.07) is 3.27. The molecule has 2 heteroatoms. The van der Waals surface area contributed by atoms with Gasteiger partial charge in [0.05, 0.1) is 6.07 Å². The second-order valence-electron chi connectivity index (χ2n) is 5.24. The number of likely N-dealkylation sites (tertiary alicyclic amines) is 1. The van der Waals surface area contributed by atoms with Crippen molar-refractivity contribution in [3.63, 3.8) is 0 Å². The largest absolute Gasteiger partial charge is 0.283 e. The molecule has 0 spiro atoms.